The summed E-state index contributed by atoms with van der Waals surface area (Å²) in [4.78, 5) is 16.7. The molecule has 2 N–H and O–H groups in total. The van der Waals surface area contributed by atoms with Crippen molar-refractivity contribution in [3.05, 3.63) is 39.5 Å². The van der Waals surface area contributed by atoms with Gasteiger partial charge in [-0.15, -0.1) is 5.10 Å². The van der Waals surface area contributed by atoms with E-state index in [2.05, 4.69) is 20.4 Å². The van der Waals surface area contributed by atoms with E-state index in [1.54, 1.807) is 16.4 Å². The van der Waals surface area contributed by atoms with Gasteiger partial charge in [0, 0.05) is 6.07 Å². The summed E-state index contributed by atoms with van der Waals surface area (Å²) in [6.07, 6.45) is 1.76. The number of nitrogens with two attached hydrogens (primary N) is 1. The Labute approximate surface area is 117 Å². The molecule has 0 aliphatic rings. The van der Waals surface area contributed by atoms with Crippen molar-refractivity contribution in [2.24, 2.45) is 5.73 Å². The molecule has 9 heteroatoms. The summed E-state index contributed by atoms with van der Waals surface area (Å²) >= 11 is 1.31. The zero-order chi connectivity index (χ0) is 14.3. The molecular weight excluding hydrogens is 278 g/mol. The van der Waals surface area contributed by atoms with E-state index in [0.29, 0.717) is 22.9 Å². The number of hydrogen-bond donors (Lipinski definition) is 1. The average Bonchev–Trinajstić information content (AvgIpc) is 2.96. The third-order valence-corrected chi connectivity index (χ3v) is 3.44. The van der Waals surface area contributed by atoms with Gasteiger partial charge in [-0.2, -0.15) is 9.61 Å². The third-order valence-electron chi connectivity index (χ3n) is 2.76. The van der Waals surface area contributed by atoms with Crippen LogP contribution in [-0.2, 0) is 12.1 Å². The van der Waals surface area contributed by atoms with E-state index in [-0.39, 0.29) is 5.56 Å². The van der Waals surface area contributed by atoms with Gasteiger partial charge in [0.25, 0.3) is 5.56 Å². The van der Waals surface area contributed by atoms with Crippen LogP contribution in [0, 0.1) is 0 Å². The van der Waals surface area contributed by atoms with Gasteiger partial charge >= 0.3 is 0 Å². The highest BCUT2D eigenvalue weighted by atomic mass is 32.1. The summed E-state index contributed by atoms with van der Waals surface area (Å²) < 4.78 is 2.88. The molecule has 0 atom stereocenters. The van der Waals surface area contributed by atoms with Crippen LogP contribution in [-0.4, -0.2) is 29.6 Å². The molecule has 0 unspecified atom stereocenters. The molecule has 0 saturated carbocycles. The summed E-state index contributed by atoms with van der Waals surface area (Å²) in [5, 5.41) is 11.9. The van der Waals surface area contributed by atoms with Gasteiger partial charge in [0.1, 0.15) is 11.2 Å². The lowest BCUT2D eigenvalue weighted by Gasteiger charge is -2.13. The summed E-state index contributed by atoms with van der Waals surface area (Å²) in [6, 6.07) is 1.45. The van der Waals surface area contributed by atoms with Crippen LogP contribution < -0.4 is 11.3 Å². The highest BCUT2D eigenvalue weighted by molar-refractivity contribution is 7.14. The van der Waals surface area contributed by atoms with Gasteiger partial charge in [0.05, 0.1) is 24.0 Å². The first-order valence-electron chi connectivity index (χ1n) is 5.95. The Morgan fingerprint density at radius 2 is 2.25 bits per heavy atom. The minimum absolute atomic E-state index is 0.203. The molecule has 0 aliphatic carbocycles. The molecule has 3 aromatic heterocycles. The van der Waals surface area contributed by atoms with Crippen molar-refractivity contribution in [2.75, 3.05) is 0 Å². The van der Waals surface area contributed by atoms with Crippen molar-refractivity contribution < 1.29 is 0 Å². The molecule has 0 spiro atoms. The molecule has 20 heavy (non-hydrogen) atoms. The summed E-state index contributed by atoms with van der Waals surface area (Å²) in [5.41, 5.74) is 8.09. The Kier molecular flexibility index (Phi) is 2.87. The quantitative estimate of drug-likeness (QED) is 0.727. The summed E-state index contributed by atoms with van der Waals surface area (Å²) in [7, 11) is 0. The van der Waals surface area contributed by atoms with Gasteiger partial charge in [-0.25, -0.2) is 9.67 Å². The van der Waals surface area contributed by atoms with Crippen molar-refractivity contribution in [3.63, 3.8) is 0 Å². The maximum atomic E-state index is 11.8. The lowest BCUT2D eigenvalue weighted by Crippen LogP contribution is -2.29. The minimum Gasteiger partial charge on any atom is -0.320 e. The zero-order valence-electron chi connectivity index (χ0n) is 11.0. The van der Waals surface area contributed by atoms with E-state index in [1.165, 1.54) is 21.9 Å². The second kappa shape index (κ2) is 4.46. The molecule has 8 nitrogen and oxygen atoms in total. The number of aromatic nitrogens is 6. The Morgan fingerprint density at radius 1 is 1.45 bits per heavy atom. The number of hydrogen-bond acceptors (Lipinski definition) is 7. The Balaban J connectivity index is 1.93. The average molecular weight is 291 g/mol. The van der Waals surface area contributed by atoms with Crippen LogP contribution in [0.1, 0.15) is 25.2 Å². The van der Waals surface area contributed by atoms with Gasteiger partial charge in [-0.05, 0) is 13.8 Å². The second-order valence-corrected chi connectivity index (χ2v) is 5.85. The number of fused-ring (bicyclic) bond motifs is 1. The highest BCUT2D eigenvalue weighted by Gasteiger charge is 2.18. The van der Waals surface area contributed by atoms with Gasteiger partial charge in [-0.3, -0.25) is 4.79 Å². The predicted octanol–water partition coefficient (Wildman–Crippen LogP) is -0.0154. The predicted molar refractivity (Wildman–Crippen MR) is 73.5 cm³/mol. The van der Waals surface area contributed by atoms with Crippen LogP contribution in [0.15, 0.2) is 22.6 Å². The Bertz CT molecular complexity index is 810. The fourth-order valence-corrected chi connectivity index (χ4v) is 2.36. The monoisotopic (exact) mass is 291 g/mol. The lowest BCUT2D eigenvalue weighted by atomic mass is 10.0. The zero-order valence-corrected chi connectivity index (χ0v) is 11.8. The van der Waals surface area contributed by atoms with Crippen LogP contribution in [0.4, 0.5) is 0 Å². The Hall–Kier alpha value is -2.13. The maximum absolute atomic E-state index is 11.8. The van der Waals surface area contributed by atoms with Gasteiger partial charge in [0.15, 0.2) is 0 Å². The molecule has 0 radical (unpaired) electrons. The van der Waals surface area contributed by atoms with Gasteiger partial charge in [0.2, 0.25) is 4.96 Å². The van der Waals surface area contributed by atoms with E-state index >= 15 is 0 Å². The third kappa shape index (κ3) is 2.32. The molecule has 104 valence electrons. The van der Waals surface area contributed by atoms with Crippen molar-refractivity contribution >= 4 is 16.3 Å². The fourth-order valence-electron chi connectivity index (χ4n) is 1.72. The SMILES string of the molecule is CC(C)(N)c1cn(Cc2cc(=O)n3ncsc3n2)nn1. The van der Waals surface area contributed by atoms with Gasteiger partial charge in [-0.1, -0.05) is 16.6 Å². The molecule has 0 bridgehead atoms. The maximum Gasteiger partial charge on any atom is 0.275 e. The number of rotatable bonds is 3. The molecule has 3 heterocycles. The van der Waals surface area contributed by atoms with Crippen molar-refractivity contribution in [1.29, 1.82) is 0 Å². The largest absolute Gasteiger partial charge is 0.320 e. The highest BCUT2D eigenvalue weighted by Crippen LogP contribution is 2.13. The first kappa shape index (κ1) is 12.9. The topological polar surface area (TPSA) is 104 Å². The number of nitrogens with zero attached hydrogens (tertiary/aromatic N) is 6. The minimum atomic E-state index is -0.549. The molecule has 3 rings (SSSR count). The first-order chi connectivity index (χ1) is 9.43. The van der Waals surface area contributed by atoms with Crippen molar-refractivity contribution in [1.82, 2.24) is 29.6 Å². The fraction of sp³-hybridized carbons (Fsp3) is 0.364. The second-order valence-electron chi connectivity index (χ2n) is 5.04. The van der Waals surface area contributed by atoms with Gasteiger partial charge < -0.3 is 5.73 Å². The summed E-state index contributed by atoms with van der Waals surface area (Å²) in [6.45, 7) is 4.08. The van der Waals surface area contributed by atoms with E-state index in [4.69, 9.17) is 5.73 Å². The smallest absolute Gasteiger partial charge is 0.275 e. The molecule has 0 saturated heterocycles. The molecule has 3 aromatic rings. The molecule has 0 aromatic carbocycles. The molecule has 0 aliphatic heterocycles. The van der Waals surface area contributed by atoms with E-state index in [0.717, 1.165) is 0 Å². The molecule has 0 fully saturated rings. The standard InChI is InChI=1S/C11H13N7OS/c1-11(2,12)8-5-17(16-15-8)4-7-3-9(19)18-10(14-7)20-6-13-18/h3,5-6H,4,12H2,1-2H3. The van der Waals surface area contributed by atoms with E-state index < -0.39 is 5.54 Å². The van der Waals surface area contributed by atoms with E-state index in [1.807, 2.05) is 13.8 Å². The summed E-state index contributed by atoms with van der Waals surface area (Å²) in [5.74, 6) is 0. The first-order valence-corrected chi connectivity index (χ1v) is 6.83. The molecular formula is C11H13N7OS. The van der Waals surface area contributed by atoms with Crippen molar-refractivity contribution in [2.45, 2.75) is 25.9 Å². The van der Waals surface area contributed by atoms with Crippen LogP contribution >= 0.6 is 11.3 Å². The van der Waals surface area contributed by atoms with Crippen LogP contribution in [0.3, 0.4) is 0 Å². The van der Waals surface area contributed by atoms with Crippen LogP contribution in [0.25, 0.3) is 4.96 Å². The van der Waals surface area contributed by atoms with Crippen LogP contribution in [0.5, 0.6) is 0 Å². The Morgan fingerprint density at radius 3 is 2.95 bits per heavy atom. The van der Waals surface area contributed by atoms with E-state index in [9.17, 15) is 4.79 Å². The van der Waals surface area contributed by atoms with Crippen molar-refractivity contribution in [3.8, 4) is 0 Å². The lowest BCUT2D eigenvalue weighted by molar-refractivity contribution is 0.533. The van der Waals surface area contributed by atoms with Crippen LogP contribution in [0.2, 0.25) is 0 Å². The molecule has 0 amide bonds. The normalized spacial score (nSPS) is 12.2.